The topological polar surface area (TPSA) is 38.3 Å². The van der Waals surface area contributed by atoms with Gasteiger partial charge in [-0.2, -0.15) is 0 Å². The van der Waals surface area contributed by atoms with Gasteiger partial charge < -0.3 is 10.1 Å². The monoisotopic (exact) mass is 319 g/mol. The van der Waals surface area contributed by atoms with Gasteiger partial charge in [-0.1, -0.05) is 57.0 Å². The first kappa shape index (κ1) is 19.5. The quantitative estimate of drug-likeness (QED) is 0.702. The highest BCUT2D eigenvalue weighted by Crippen LogP contribution is 2.17. The molecule has 0 fully saturated rings. The van der Waals surface area contributed by atoms with E-state index in [0.717, 1.165) is 19.3 Å². The van der Waals surface area contributed by atoms with E-state index < -0.39 is 5.60 Å². The molecule has 0 aliphatic heterocycles. The third-order valence-electron chi connectivity index (χ3n) is 3.84. The molecule has 1 rings (SSSR count). The van der Waals surface area contributed by atoms with Crippen LogP contribution in [-0.4, -0.2) is 17.7 Å². The van der Waals surface area contributed by atoms with Crippen molar-refractivity contribution in [2.45, 2.75) is 78.4 Å². The summed E-state index contributed by atoms with van der Waals surface area (Å²) in [7, 11) is 0. The first-order valence-corrected chi connectivity index (χ1v) is 8.83. The third-order valence-corrected chi connectivity index (χ3v) is 3.84. The molecule has 3 nitrogen and oxygen atoms in total. The van der Waals surface area contributed by atoms with Crippen LogP contribution >= 0.6 is 0 Å². The molecule has 0 spiro atoms. The average Bonchev–Trinajstić information content (AvgIpc) is 2.44. The number of alkyl carbamates (subject to hydrolysis) is 1. The van der Waals surface area contributed by atoms with Crippen LogP contribution in [0.2, 0.25) is 0 Å². The fraction of sp³-hybridized carbons (Fsp3) is 0.650. The van der Waals surface area contributed by atoms with E-state index >= 15 is 0 Å². The summed E-state index contributed by atoms with van der Waals surface area (Å²) in [5.74, 6) is 0.693. The smallest absolute Gasteiger partial charge is 0.407 e. The predicted molar refractivity (Wildman–Crippen MR) is 96.6 cm³/mol. The Morgan fingerprint density at radius 2 is 1.78 bits per heavy atom. The molecule has 0 heterocycles. The van der Waals surface area contributed by atoms with E-state index in [2.05, 4.69) is 31.3 Å². The number of carbonyl (C=O) groups excluding carboxylic acids is 1. The van der Waals surface area contributed by atoms with E-state index in [1.165, 1.54) is 18.4 Å². The van der Waals surface area contributed by atoms with Crippen LogP contribution in [0.4, 0.5) is 4.79 Å². The van der Waals surface area contributed by atoms with Crippen LogP contribution < -0.4 is 5.32 Å². The standard InChI is InChI=1S/C20H33NO2/c1-6-10-16(2)13-14-18(15-17-11-8-7-9-12-17)21-19(22)23-20(3,4)5/h7-9,11-12,16,18H,6,10,13-15H2,1-5H3,(H,21,22)/t16-,18+/m0/s1. The maximum Gasteiger partial charge on any atom is 0.407 e. The Bertz CT molecular complexity index is 450. The number of amides is 1. The van der Waals surface area contributed by atoms with Gasteiger partial charge in [-0.25, -0.2) is 4.79 Å². The Morgan fingerprint density at radius 1 is 1.13 bits per heavy atom. The van der Waals surface area contributed by atoms with Crippen molar-refractivity contribution >= 4 is 6.09 Å². The van der Waals surface area contributed by atoms with E-state index in [0.29, 0.717) is 5.92 Å². The molecule has 0 saturated carbocycles. The highest BCUT2D eigenvalue weighted by Gasteiger charge is 2.20. The Kier molecular flexibility index (Phi) is 8.15. The van der Waals surface area contributed by atoms with E-state index in [-0.39, 0.29) is 12.1 Å². The van der Waals surface area contributed by atoms with Gasteiger partial charge >= 0.3 is 6.09 Å². The van der Waals surface area contributed by atoms with Gasteiger partial charge in [0.05, 0.1) is 0 Å². The van der Waals surface area contributed by atoms with Crippen LogP contribution in [0.25, 0.3) is 0 Å². The van der Waals surface area contributed by atoms with Gasteiger partial charge in [0.2, 0.25) is 0 Å². The van der Waals surface area contributed by atoms with Gasteiger partial charge in [0.1, 0.15) is 5.60 Å². The van der Waals surface area contributed by atoms with E-state index in [4.69, 9.17) is 4.74 Å². The number of carbonyl (C=O) groups is 1. The van der Waals surface area contributed by atoms with Gasteiger partial charge in [0.25, 0.3) is 0 Å². The van der Waals surface area contributed by atoms with E-state index in [1.807, 2.05) is 39.0 Å². The van der Waals surface area contributed by atoms with Gasteiger partial charge in [0, 0.05) is 6.04 Å². The molecule has 130 valence electrons. The van der Waals surface area contributed by atoms with Crippen molar-refractivity contribution in [1.29, 1.82) is 0 Å². The molecular weight excluding hydrogens is 286 g/mol. The minimum atomic E-state index is -0.461. The lowest BCUT2D eigenvalue weighted by Gasteiger charge is -2.24. The number of hydrogen-bond acceptors (Lipinski definition) is 2. The molecule has 1 amide bonds. The summed E-state index contributed by atoms with van der Waals surface area (Å²) in [5.41, 5.74) is 0.786. The molecule has 0 aromatic heterocycles. The third kappa shape index (κ3) is 9.27. The van der Waals surface area contributed by atoms with E-state index in [9.17, 15) is 4.79 Å². The molecule has 0 unspecified atom stereocenters. The molecule has 0 saturated heterocycles. The van der Waals surface area contributed by atoms with Crippen LogP contribution in [0.15, 0.2) is 30.3 Å². The summed E-state index contributed by atoms with van der Waals surface area (Å²) < 4.78 is 5.41. The molecule has 0 radical (unpaired) electrons. The van der Waals surface area contributed by atoms with Crippen LogP contribution in [0.3, 0.4) is 0 Å². The Morgan fingerprint density at radius 3 is 2.35 bits per heavy atom. The second kappa shape index (κ2) is 9.59. The maximum absolute atomic E-state index is 12.1. The number of nitrogens with one attached hydrogen (secondary N) is 1. The molecular formula is C20H33NO2. The van der Waals surface area contributed by atoms with Crippen molar-refractivity contribution in [3.05, 3.63) is 35.9 Å². The molecule has 2 atom stereocenters. The van der Waals surface area contributed by atoms with Crippen LogP contribution in [0.5, 0.6) is 0 Å². The highest BCUT2D eigenvalue weighted by atomic mass is 16.6. The van der Waals surface area contributed by atoms with Crippen molar-refractivity contribution in [2.24, 2.45) is 5.92 Å². The van der Waals surface area contributed by atoms with Gasteiger partial charge in [0.15, 0.2) is 0 Å². The second-order valence-electron chi connectivity index (χ2n) is 7.50. The molecule has 0 bridgehead atoms. The Labute approximate surface area is 141 Å². The van der Waals surface area contributed by atoms with Gasteiger partial charge in [-0.15, -0.1) is 0 Å². The first-order valence-electron chi connectivity index (χ1n) is 8.83. The lowest BCUT2D eigenvalue weighted by Crippen LogP contribution is -2.40. The van der Waals surface area contributed by atoms with E-state index in [1.54, 1.807) is 0 Å². The molecule has 1 aromatic rings. The van der Waals surface area contributed by atoms with Crippen molar-refractivity contribution in [3.8, 4) is 0 Å². The summed E-state index contributed by atoms with van der Waals surface area (Å²) in [6.07, 6.45) is 5.09. The molecule has 0 aliphatic carbocycles. The van der Waals surface area contributed by atoms with Gasteiger partial charge in [-0.3, -0.25) is 0 Å². The van der Waals surface area contributed by atoms with Crippen LogP contribution in [0, 0.1) is 5.92 Å². The average molecular weight is 319 g/mol. The van der Waals surface area contributed by atoms with Crippen molar-refractivity contribution in [3.63, 3.8) is 0 Å². The van der Waals surface area contributed by atoms with Crippen LogP contribution in [0.1, 0.15) is 65.9 Å². The van der Waals surface area contributed by atoms with Crippen molar-refractivity contribution < 1.29 is 9.53 Å². The van der Waals surface area contributed by atoms with Gasteiger partial charge in [-0.05, 0) is 51.5 Å². The number of rotatable bonds is 8. The minimum absolute atomic E-state index is 0.117. The number of benzene rings is 1. The number of ether oxygens (including phenoxy) is 1. The Hall–Kier alpha value is -1.51. The van der Waals surface area contributed by atoms with Crippen LogP contribution in [-0.2, 0) is 11.2 Å². The SMILES string of the molecule is CCC[C@H](C)CC[C@H](Cc1ccccc1)NC(=O)OC(C)(C)C. The lowest BCUT2D eigenvalue weighted by atomic mass is 9.94. The summed E-state index contributed by atoms with van der Waals surface area (Å²) >= 11 is 0. The molecule has 1 N–H and O–H groups in total. The largest absolute Gasteiger partial charge is 0.444 e. The van der Waals surface area contributed by atoms with Crippen molar-refractivity contribution in [1.82, 2.24) is 5.32 Å². The summed E-state index contributed by atoms with van der Waals surface area (Å²) in [5, 5.41) is 3.06. The number of hydrogen-bond donors (Lipinski definition) is 1. The first-order chi connectivity index (χ1) is 10.8. The Balaban J connectivity index is 2.62. The maximum atomic E-state index is 12.1. The highest BCUT2D eigenvalue weighted by molar-refractivity contribution is 5.68. The lowest BCUT2D eigenvalue weighted by molar-refractivity contribution is 0.0500. The molecule has 3 heteroatoms. The van der Waals surface area contributed by atoms with Crippen molar-refractivity contribution in [2.75, 3.05) is 0 Å². The molecule has 1 aromatic carbocycles. The zero-order valence-corrected chi connectivity index (χ0v) is 15.4. The normalized spacial score (nSPS) is 14.1. The zero-order chi connectivity index (χ0) is 17.3. The predicted octanol–water partition coefficient (Wildman–Crippen LogP) is 5.34. The second-order valence-corrected chi connectivity index (χ2v) is 7.50. The zero-order valence-electron chi connectivity index (χ0n) is 15.4. The molecule has 23 heavy (non-hydrogen) atoms. The summed E-state index contributed by atoms with van der Waals surface area (Å²) in [4.78, 5) is 12.1. The summed E-state index contributed by atoms with van der Waals surface area (Å²) in [6.45, 7) is 10.2. The molecule has 0 aliphatic rings. The fourth-order valence-corrected chi connectivity index (χ4v) is 2.72. The fourth-order valence-electron chi connectivity index (χ4n) is 2.72. The summed E-state index contributed by atoms with van der Waals surface area (Å²) in [6, 6.07) is 10.4. The minimum Gasteiger partial charge on any atom is -0.444 e.